The van der Waals surface area contributed by atoms with Gasteiger partial charge in [-0.1, -0.05) is 6.08 Å². The monoisotopic (exact) mass is 233 g/mol. The molecule has 15 heavy (non-hydrogen) atoms. The summed E-state index contributed by atoms with van der Waals surface area (Å²) < 4.78 is 22.5. The van der Waals surface area contributed by atoms with Crippen molar-refractivity contribution in [1.29, 1.82) is 0 Å². The molecule has 1 rings (SSSR count). The van der Waals surface area contributed by atoms with Crippen molar-refractivity contribution in [3.05, 3.63) is 12.2 Å². The van der Waals surface area contributed by atoms with E-state index in [4.69, 9.17) is 5.11 Å². The fraction of sp³-hybridized carbons (Fsp3) is 0.667. The fourth-order valence-corrected chi connectivity index (χ4v) is 3.25. The first-order chi connectivity index (χ1) is 6.99. The maximum atomic E-state index is 11.2. The molecule has 86 valence electrons. The number of hydrogen-bond acceptors (Lipinski definition) is 4. The molecule has 0 aromatic heterocycles. The van der Waals surface area contributed by atoms with Gasteiger partial charge < -0.3 is 10.4 Å². The Balaban J connectivity index is 2.30. The lowest BCUT2D eigenvalue weighted by Crippen LogP contribution is -2.40. The van der Waals surface area contributed by atoms with Crippen LogP contribution in [0.1, 0.15) is 12.8 Å². The number of carboxylic acids is 1. The second kappa shape index (κ2) is 5.27. The van der Waals surface area contributed by atoms with Crippen LogP contribution in [0.5, 0.6) is 0 Å². The van der Waals surface area contributed by atoms with Gasteiger partial charge in [-0.2, -0.15) is 0 Å². The van der Waals surface area contributed by atoms with Crippen molar-refractivity contribution in [1.82, 2.24) is 5.32 Å². The molecule has 0 radical (unpaired) electrons. The van der Waals surface area contributed by atoms with Crippen molar-refractivity contribution in [3.8, 4) is 0 Å². The topological polar surface area (TPSA) is 83.5 Å². The zero-order chi connectivity index (χ0) is 11.3. The highest BCUT2D eigenvalue weighted by Crippen LogP contribution is 2.11. The normalized spacial score (nSPS) is 25.5. The van der Waals surface area contributed by atoms with Gasteiger partial charge in [0.05, 0.1) is 11.5 Å². The lowest BCUT2D eigenvalue weighted by atomic mass is 10.2. The molecule has 0 amide bonds. The van der Waals surface area contributed by atoms with Crippen molar-refractivity contribution >= 4 is 15.8 Å². The zero-order valence-electron chi connectivity index (χ0n) is 8.35. The lowest BCUT2D eigenvalue weighted by Gasteiger charge is -2.22. The molecule has 1 aliphatic heterocycles. The first-order valence-electron chi connectivity index (χ1n) is 4.83. The number of sulfone groups is 1. The Hall–Kier alpha value is -0.880. The molecule has 1 fully saturated rings. The van der Waals surface area contributed by atoms with E-state index in [1.54, 1.807) is 0 Å². The highest BCUT2D eigenvalue weighted by Gasteiger charge is 2.23. The van der Waals surface area contributed by atoms with Gasteiger partial charge in [0.15, 0.2) is 9.84 Å². The summed E-state index contributed by atoms with van der Waals surface area (Å²) in [5.41, 5.74) is 0. The van der Waals surface area contributed by atoms with E-state index in [2.05, 4.69) is 5.32 Å². The Labute approximate surface area is 89.1 Å². The SMILES string of the molecule is O=C(O)C=CCNC1CCCS(=O)(=O)C1. The summed E-state index contributed by atoms with van der Waals surface area (Å²) in [6, 6.07) is -0.0396. The van der Waals surface area contributed by atoms with Gasteiger partial charge in [-0.3, -0.25) is 0 Å². The minimum Gasteiger partial charge on any atom is -0.478 e. The molecule has 6 heteroatoms. The second-order valence-electron chi connectivity index (χ2n) is 3.60. The maximum Gasteiger partial charge on any atom is 0.328 e. The van der Waals surface area contributed by atoms with Crippen LogP contribution in [0.4, 0.5) is 0 Å². The minimum atomic E-state index is -2.89. The van der Waals surface area contributed by atoms with Crippen molar-refractivity contribution in [2.45, 2.75) is 18.9 Å². The van der Waals surface area contributed by atoms with Crippen LogP contribution >= 0.6 is 0 Å². The van der Waals surface area contributed by atoms with Crippen molar-refractivity contribution < 1.29 is 18.3 Å². The summed E-state index contributed by atoms with van der Waals surface area (Å²) in [6.45, 7) is 0.395. The van der Waals surface area contributed by atoms with Crippen molar-refractivity contribution in [2.75, 3.05) is 18.1 Å². The van der Waals surface area contributed by atoms with Gasteiger partial charge in [-0.15, -0.1) is 0 Å². The van der Waals surface area contributed by atoms with Gasteiger partial charge in [0.1, 0.15) is 0 Å². The number of rotatable bonds is 4. The molecule has 1 saturated heterocycles. The van der Waals surface area contributed by atoms with E-state index < -0.39 is 15.8 Å². The third-order valence-corrected chi connectivity index (χ3v) is 4.07. The van der Waals surface area contributed by atoms with Crippen LogP contribution in [-0.2, 0) is 14.6 Å². The Morgan fingerprint density at radius 1 is 1.53 bits per heavy atom. The molecule has 0 aliphatic carbocycles. The summed E-state index contributed by atoms with van der Waals surface area (Å²) in [5, 5.41) is 11.3. The Bertz CT molecular complexity index is 347. The summed E-state index contributed by atoms with van der Waals surface area (Å²) in [4.78, 5) is 10.1. The number of aliphatic carboxylic acids is 1. The molecule has 2 N–H and O–H groups in total. The van der Waals surface area contributed by atoms with Crippen LogP contribution in [0.3, 0.4) is 0 Å². The summed E-state index contributed by atoms with van der Waals surface area (Å²) in [6.07, 6.45) is 4.04. The zero-order valence-corrected chi connectivity index (χ0v) is 9.16. The summed E-state index contributed by atoms with van der Waals surface area (Å²) >= 11 is 0. The van der Waals surface area contributed by atoms with E-state index >= 15 is 0 Å². The highest BCUT2D eigenvalue weighted by molar-refractivity contribution is 7.91. The Kier molecular flexibility index (Phi) is 4.28. The van der Waals surface area contributed by atoms with E-state index in [1.165, 1.54) is 6.08 Å². The Morgan fingerprint density at radius 3 is 2.87 bits per heavy atom. The van der Waals surface area contributed by atoms with E-state index in [0.717, 1.165) is 12.5 Å². The van der Waals surface area contributed by atoms with E-state index in [1.807, 2.05) is 0 Å². The van der Waals surface area contributed by atoms with Gasteiger partial charge in [0.2, 0.25) is 0 Å². The lowest BCUT2D eigenvalue weighted by molar-refractivity contribution is -0.131. The standard InChI is InChI=1S/C9H15NO4S/c11-9(12)4-1-5-10-8-3-2-6-15(13,14)7-8/h1,4,8,10H,2-3,5-7H2,(H,11,12). The highest BCUT2D eigenvalue weighted by atomic mass is 32.2. The van der Waals surface area contributed by atoms with Crippen LogP contribution < -0.4 is 5.32 Å². The number of hydrogen-bond donors (Lipinski definition) is 2. The summed E-state index contributed by atoms with van der Waals surface area (Å²) in [7, 11) is -2.89. The van der Waals surface area contributed by atoms with Gasteiger partial charge in [-0.25, -0.2) is 13.2 Å². The average Bonchev–Trinajstić information content (AvgIpc) is 2.10. The molecule has 0 bridgehead atoms. The van der Waals surface area contributed by atoms with Gasteiger partial charge in [0, 0.05) is 18.7 Å². The van der Waals surface area contributed by atoms with Crippen LogP contribution in [0.2, 0.25) is 0 Å². The quantitative estimate of drug-likeness (QED) is 0.657. The molecule has 0 saturated carbocycles. The third kappa shape index (κ3) is 4.94. The molecule has 1 atom stereocenters. The smallest absolute Gasteiger partial charge is 0.328 e. The van der Waals surface area contributed by atoms with E-state index in [0.29, 0.717) is 13.0 Å². The van der Waals surface area contributed by atoms with Gasteiger partial charge in [0.25, 0.3) is 0 Å². The first-order valence-corrected chi connectivity index (χ1v) is 6.65. The Morgan fingerprint density at radius 2 is 2.27 bits per heavy atom. The maximum absolute atomic E-state index is 11.2. The van der Waals surface area contributed by atoms with E-state index in [-0.39, 0.29) is 17.5 Å². The molecular weight excluding hydrogens is 218 g/mol. The molecule has 0 spiro atoms. The summed E-state index contributed by atoms with van der Waals surface area (Å²) in [5.74, 6) is -0.558. The third-order valence-electron chi connectivity index (χ3n) is 2.25. The predicted molar refractivity (Wildman–Crippen MR) is 56.5 cm³/mol. The second-order valence-corrected chi connectivity index (χ2v) is 5.83. The molecule has 0 aromatic carbocycles. The van der Waals surface area contributed by atoms with Crippen LogP contribution in [0.25, 0.3) is 0 Å². The van der Waals surface area contributed by atoms with E-state index in [9.17, 15) is 13.2 Å². The predicted octanol–water partition coefficient (Wildman–Crippen LogP) is -0.206. The molecule has 0 aromatic rings. The first kappa shape index (κ1) is 12.2. The average molecular weight is 233 g/mol. The number of nitrogens with one attached hydrogen (secondary N) is 1. The molecule has 1 aliphatic rings. The number of carboxylic acid groups (broad SMARTS) is 1. The molecular formula is C9H15NO4S. The minimum absolute atomic E-state index is 0.0396. The molecule has 1 heterocycles. The van der Waals surface area contributed by atoms with Gasteiger partial charge in [-0.05, 0) is 12.8 Å². The van der Waals surface area contributed by atoms with Crippen molar-refractivity contribution in [3.63, 3.8) is 0 Å². The van der Waals surface area contributed by atoms with Crippen LogP contribution in [0.15, 0.2) is 12.2 Å². The fourth-order valence-electron chi connectivity index (χ4n) is 1.58. The molecule has 1 unspecified atom stereocenters. The molecule has 5 nitrogen and oxygen atoms in total. The van der Waals surface area contributed by atoms with Gasteiger partial charge >= 0.3 is 5.97 Å². The van der Waals surface area contributed by atoms with Crippen LogP contribution in [-0.4, -0.2) is 43.6 Å². The van der Waals surface area contributed by atoms with Crippen molar-refractivity contribution in [2.24, 2.45) is 0 Å². The van der Waals surface area contributed by atoms with Crippen LogP contribution in [0, 0.1) is 0 Å². The largest absolute Gasteiger partial charge is 0.478 e. The number of carbonyl (C=O) groups is 1.